The molecule has 0 spiro atoms. The number of ether oxygens (including phenoxy) is 1. The summed E-state index contributed by atoms with van der Waals surface area (Å²) in [6, 6.07) is 23.4. The van der Waals surface area contributed by atoms with Gasteiger partial charge in [0.05, 0.1) is 7.11 Å². The summed E-state index contributed by atoms with van der Waals surface area (Å²) in [5.41, 5.74) is 7.26. The predicted octanol–water partition coefficient (Wildman–Crippen LogP) is 5.65. The van der Waals surface area contributed by atoms with Crippen LogP contribution < -0.4 is 4.74 Å². The first kappa shape index (κ1) is 14.4. The summed E-state index contributed by atoms with van der Waals surface area (Å²) in [5.74, 6) is 0.905. The van der Waals surface area contributed by atoms with Crippen LogP contribution in [0.5, 0.6) is 5.75 Å². The van der Waals surface area contributed by atoms with Crippen LogP contribution in [0.2, 0.25) is 0 Å². The lowest BCUT2D eigenvalue weighted by Gasteiger charge is -2.15. The number of hydrogen-bond acceptors (Lipinski definition) is 1. The van der Waals surface area contributed by atoms with E-state index in [0.717, 1.165) is 11.3 Å². The Morgan fingerprint density at radius 2 is 1.18 bits per heavy atom. The Morgan fingerprint density at radius 1 is 0.636 bits per heavy atom. The molecule has 0 unspecified atom stereocenters. The summed E-state index contributed by atoms with van der Waals surface area (Å²) in [6.45, 7) is 4.21. The van der Waals surface area contributed by atoms with Crippen molar-refractivity contribution in [1.29, 1.82) is 0 Å². The van der Waals surface area contributed by atoms with Crippen molar-refractivity contribution in [2.45, 2.75) is 13.8 Å². The van der Waals surface area contributed by atoms with E-state index in [9.17, 15) is 0 Å². The van der Waals surface area contributed by atoms with Gasteiger partial charge in [0.15, 0.2) is 0 Å². The predicted molar refractivity (Wildman–Crippen MR) is 93.3 cm³/mol. The summed E-state index contributed by atoms with van der Waals surface area (Å²) < 4.78 is 5.62. The minimum absolute atomic E-state index is 0.905. The highest BCUT2D eigenvalue weighted by Gasteiger charge is 2.12. The minimum Gasteiger partial charge on any atom is -0.496 e. The molecule has 3 aromatic rings. The molecule has 0 bridgehead atoms. The zero-order chi connectivity index (χ0) is 15.5. The van der Waals surface area contributed by atoms with E-state index in [1.807, 2.05) is 12.1 Å². The fourth-order valence-corrected chi connectivity index (χ4v) is 2.69. The minimum atomic E-state index is 0.905. The molecule has 22 heavy (non-hydrogen) atoms. The lowest BCUT2D eigenvalue weighted by molar-refractivity contribution is 0.416. The first-order valence-electron chi connectivity index (χ1n) is 7.50. The number of benzene rings is 3. The summed E-state index contributed by atoms with van der Waals surface area (Å²) in [5, 5.41) is 0. The van der Waals surface area contributed by atoms with Gasteiger partial charge in [0, 0.05) is 5.56 Å². The topological polar surface area (TPSA) is 9.23 Å². The monoisotopic (exact) mass is 288 g/mol. The number of rotatable bonds is 3. The normalized spacial score (nSPS) is 10.5. The second-order valence-corrected chi connectivity index (χ2v) is 5.61. The maximum absolute atomic E-state index is 5.62. The summed E-state index contributed by atoms with van der Waals surface area (Å²) in [7, 11) is 1.73. The van der Waals surface area contributed by atoms with Crippen LogP contribution in [-0.4, -0.2) is 7.11 Å². The Labute approximate surface area is 132 Å². The molecule has 0 fully saturated rings. The van der Waals surface area contributed by atoms with Crippen LogP contribution in [0.25, 0.3) is 22.3 Å². The molecule has 110 valence electrons. The lowest BCUT2D eigenvalue weighted by atomic mass is 9.93. The van der Waals surface area contributed by atoms with Crippen molar-refractivity contribution in [3.63, 3.8) is 0 Å². The van der Waals surface area contributed by atoms with Crippen LogP contribution in [0.3, 0.4) is 0 Å². The van der Waals surface area contributed by atoms with E-state index < -0.39 is 0 Å². The maximum Gasteiger partial charge on any atom is 0.127 e. The van der Waals surface area contributed by atoms with Gasteiger partial charge in [0.1, 0.15) is 5.75 Å². The van der Waals surface area contributed by atoms with Crippen molar-refractivity contribution >= 4 is 0 Å². The zero-order valence-electron chi connectivity index (χ0n) is 13.3. The number of aryl methyl sites for hydroxylation is 2. The molecule has 0 aromatic heterocycles. The van der Waals surface area contributed by atoms with Gasteiger partial charge in [0.2, 0.25) is 0 Å². The van der Waals surface area contributed by atoms with Gasteiger partial charge >= 0.3 is 0 Å². The molecule has 0 N–H and O–H groups in total. The number of hydrogen-bond donors (Lipinski definition) is 0. The molecule has 0 amide bonds. The van der Waals surface area contributed by atoms with Crippen molar-refractivity contribution in [3.8, 4) is 28.0 Å². The van der Waals surface area contributed by atoms with Gasteiger partial charge in [0.25, 0.3) is 0 Å². The van der Waals surface area contributed by atoms with Crippen LogP contribution >= 0.6 is 0 Å². The first-order chi connectivity index (χ1) is 10.7. The third kappa shape index (κ3) is 2.75. The standard InChI is InChI=1S/C21H20O/c1-15-7-11-17(12-8-15)19-5-4-6-20(22-3)21(19)18-13-9-16(2)10-14-18/h4-14H,1-3H3. The van der Waals surface area contributed by atoms with E-state index in [0.29, 0.717) is 0 Å². The second kappa shape index (κ2) is 6.07. The van der Waals surface area contributed by atoms with Crippen molar-refractivity contribution < 1.29 is 4.74 Å². The highest BCUT2D eigenvalue weighted by atomic mass is 16.5. The van der Waals surface area contributed by atoms with E-state index in [1.54, 1.807) is 7.11 Å². The van der Waals surface area contributed by atoms with E-state index in [2.05, 4.69) is 68.4 Å². The third-order valence-electron chi connectivity index (χ3n) is 3.95. The van der Waals surface area contributed by atoms with Gasteiger partial charge in [-0.25, -0.2) is 0 Å². The van der Waals surface area contributed by atoms with Gasteiger partial charge in [-0.15, -0.1) is 0 Å². The van der Waals surface area contributed by atoms with Crippen LogP contribution in [0, 0.1) is 13.8 Å². The Kier molecular flexibility index (Phi) is 3.97. The van der Waals surface area contributed by atoms with Crippen molar-refractivity contribution in [1.82, 2.24) is 0 Å². The Bertz CT molecular complexity index is 768. The van der Waals surface area contributed by atoms with Gasteiger partial charge < -0.3 is 4.74 Å². The second-order valence-electron chi connectivity index (χ2n) is 5.61. The van der Waals surface area contributed by atoms with E-state index in [-0.39, 0.29) is 0 Å². The quantitative estimate of drug-likeness (QED) is 0.605. The van der Waals surface area contributed by atoms with Crippen LogP contribution in [-0.2, 0) is 0 Å². The molecule has 0 saturated heterocycles. The molecule has 3 rings (SSSR count). The van der Waals surface area contributed by atoms with Gasteiger partial charge in [-0.05, 0) is 36.6 Å². The van der Waals surface area contributed by atoms with Crippen molar-refractivity contribution in [2.75, 3.05) is 7.11 Å². The summed E-state index contributed by atoms with van der Waals surface area (Å²) in [4.78, 5) is 0. The molecule has 1 heteroatoms. The molecule has 0 aliphatic rings. The molecule has 0 radical (unpaired) electrons. The van der Waals surface area contributed by atoms with Crippen LogP contribution in [0.15, 0.2) is 66.7 Å². The third-order valence-corrected chi connectivity index (χ3v) is 3.95. The number of methoxy groups -OCH3 is 1. The largest absolute Gasteiger partial charge is 0.496 e. The molecule has 0 aliphatic heterocycles. The fraction of sp³-hybridized carbons (Fsp3) is 0.143. The van der Waals surface area contributed by atoms with Crippen LogP contribution in [0.4, 0.5) is 0 Å². The average Bonchev–Trinajstić information content (AvgIpc) is 2.56. The zero-order valence-corrected chi connectivity index (χ0v) is 13.3. The molecule has 0 heterocycles. The first-order valence-corrected chi connectivity index (χ1v) is 7.50. The van der Waals surface area contributed by atoms with Crippen LogP contribution in [0.1, 0.15) is 11.1 Å². The maximum atomic E-state index is 5.62. The van der Waals surface area contributed by atoms with Crippen molar-refractivity contribution in [2.24, 2.45) is 0 Å². The Balaban J connectivity index is 2.22. The van der Waals surface area contributed by atoms with Gasteiger partial charge in [-0.3, -0.25) is 0 Å². The fourth-order valence-electron chi connectivity index (χ4n) is 2.69. The molecular weight excluding hydrogens is 268 g/mol. The SMILES string of the molecule is COc1cccc(-c2ccc(C)cc2)c1-c1ccc(C)cc1. The molecule has 0 saturated carbocycles. The molecule has 3 aromatic carbocycles. The highest BCUT2D eigenvalue weighted by Crippen LogP contribution is 2.39. The van der Waals surface area contributed by atoms with Gasteiger partial charge in [-0.1, -0.05) is 71.8 Å². The van der Waals surface area contributed by atoms with E-state index >= 15 is 0 Å². The smallest absolute Gasteiger partial charge is 0.127 e. The lowest BCUT2D eigenvalue weighted by Crippen LogP contribution is -1.92. The molecule has 0 aliphatic carbocycles. The molecular formula is C21H20O. The Morgan fingerprint density at radius 3 is 1.73 bits per heavy atom. The van der Waals surface area contributed by atoms with Gasteiger partial charge in [-0.2, -0.15) is 0 Å². The molecule has 0 atom stereocenters. The van der Waals surface area contributed by atoms with E-state index in [4.69, 9.17) is 4.74 Å². The van der Waals surface area contributed by atoms with Crippen molar-refractivity contribution in [3.05, 3.63) is 77.9 Å². The summed E-state index contributed by atoms with van der Waals surface area (Å²) >= 11 is 0. The Hall–Kier alpha value is -2.54. The summed E-state index contributed by atoms with van der Waals surface area (Å²) in [6.07, 6.45) is 0. The highest BCUT2D eigenvalue weighted by molar-refractivity contribution is 5.87. The van der Waals surface area contributed by atoms with E-state index in [1.165, 1.54) is 27.8 Å². The average molecular weight is 288 g/mol. The molecule has 1 nitrogen and oxygen atoms in total.